The van der Waals surface area contributed by atoms with E-state index < -0.39 is 18.5 Å². The summed E-state index contributed by atoms with van der Waals surface area (Å²) in [6.07, 6.45) is -0.120. The number of carbonyl (C=O) groups excluding carboxylic acids is 2. The van der Waals surface area contributed by atoms with Crippen molar-refractivity contribution in [1.29, 1.82) is 0 Å². The summed E-state index contributed by atoms with van der Waals surface area (Å²) < 4.78 is 20.9. The average molecular weight is 408 g/mol. The molecule has 8 heteroatoms. The van der Waals surface area contributed by atoms with Gasteiger partial charge < -0.3 is 24.3 Å². The third-order valence-corrected chi connectivity index (χ3v) is 3.81. The largest absolute Gasteiger partial charge is 0.497 e. The third kappa shape index (κ3) is 5.79. The summed E-state index contributed by atoms with van der Waals surface area (Å²) >= 11 is 6.19. The molecule has 1 amide bonds. The zero-order chi connectivity index (χ0) is 20.7. The van der Waals surface area contributed by atoms with E-state index in [9.17, 15) is 9.59 Å². The van der Waals surface area contributed by atoms with Crippen molar-refractivity contribution in [2.75, 3.05) is 26.1 Å². The number of rotatable bonds is 8. The topological polar surface area (TPSA) is 83.1 Å². The Morgan fingerprint density at radius 3 is 2.32 bits per heavy atom. The molecule has 0 bridgehead atoms. The molecule has 0 atom stereocenters. The molecule has 0 fully saturated rings. The Morgan fingerprint density at radius 2 is 1.75 bits per heavy atom. The Morgan fingerprint density at radius 1 is 1.07 bits per heavy atom. The summed E-state index contributed by atoms with van der Waals surface area (Å²) in [5, 5.41) is 2.83. The van der Waals surface area contributed by atoms with Crippen LogP contribution >= 0.6 is 11.6 Å². The van der Waals surface area contributed by atoms with Crippen LogP contribution in [0.2, 0.25) is 5.02 Å². The van der Waals surface area contributed by atoms with Crippen LogP contribution in [0.4, 0.5) is 5.69 Å². The number of carbonyl (C=O) groups is 2. The van der Waals surface area contributed by atoms with Gasteiger partial charge in [0.15, 0.2) is 18.1 Å². The van der Waals surface area contributed by atoms with E-state index in [0.29, 0.717) is 22.9 Å². The Bertz CT molecular complexity index is 835. The van der Waals surface area contributed by atoms with Crippen molar-refractivity contribution in [2.45, 2.75) is 20.0 Å². The average Bonchev–Trinajstić information content (AvgIpc) is 2.67. The van der Waals surface area contributed by atoms with Gasteiger partial charge in [-0.1, -0.05) is 11.6 Å². The highest BCUT2D eigenvalue weighted by Gasteiger charge is 2.18. The Kier molecular flexibility index (Phi) is 7.52. The highest BCUT2D eigenvalue weighted by Crippen LogP contribution is 2.37. The van der Waals surface area contributed by atoms with Crippen molar-refractivity contribution in [2.24, 2.45) is 0 Å². The molecular weight excluding hydrogens is 386 g/mol. The number of benzene rings is 2. The van der Waals surface area contributed by atoms with E-state index in [1.165, 1.54) is 19.2 Å². The van der Waals surface area contributed by atoms with E-state index in [-0.39, 0.29) is 16.7 Å². The van der Waals surface area contributed by atoms with Crippen molar-refractivity contribution < 1.29 is 28.5 Å². The van der Waals surface area contributed by atoms with Gasteiger partial charge in [0.1, 0.15) is 5.75 Å². The number of hydrogen-bond donors (Lipinski definition) is 1. The van der Waals surface area contributed by atoms with Crippen LogP contribution in [0.3, 0.4) is 0 Å². The van der Waals surface area contributed by atoms with Gasteiger partial charge in [-0.3, -0.25) is 4.79 Å². The van der Waals surface area contributed by atoms with Gasteiger partial charge in [0.25, 0.3) is 5.91 Å². The van der Waals surface area contributed by atoms with Crippen molar-refractivity contribution in [3.8, 4) is 17.2 Å². The summed E-state index contributed by atoms with van der Waals surface area (Å²) in [5.41, 5.74) is 0.706. The molecule has 28 heavy (non-hydrogen) atoms. The molecule has 1 N–H and O–H groups in total. The maximum absolute atomic E-state index is 12.3. The number of anilines is 1. The van der Waals surface area contributed by atoms with Crippen molar-refractivity contribution in [3.63, 3.8) is 0 Å². The summed E-state index contributed by atoms with van der Waals surface area (Å²) in [4.78, 5) is 24.2. The fourth-order valence-corrected chi connectivity index (χ4v) is 2.53. The lowest BCUT2D eigenvalue weighted by Crippen LogP contribution is -2.21. The van der Waals surface area contributed by atoms with Gasteiger partial charge in [0.2, 0.25) is 0 Å². The van der Waals surface area contributed by atoms with Crippen LogP contribution in [-0.4, -0.2) is 38.8 Å². The maximum atomic E-state index is 12.3. The second-order valence-electron chi connectivity index (χ2n) is 6.01. The molecule has 0 aliphatic carbocycles. The molecule has 0 aliphatic heterocycles. The van der Waals surface area contributed by atoms with E-state index in [4.69, 9.17) is 30.5 Å². The standard InChI is InChI=1S/C20H22ClNO6/c1-12(2)28-19-16(21)9-13(10-17(19)26-4)20(24)27-11-18(23)22-14-5-7-15(25-3)8-6-14/h5-10,12H,11H2,1-4H3,(H,22,23). The summed E-state index contributed by atoms with van der Waals surface area (Å²) in [6, 6.07) is 9.62. The van der Waals surface area contributed by atoms with E-state index >= 15 is 0 Å². The highest BCUT2D eigenvalue weighted by atomic mass is 35.5. The lowest BCUT2D eigenvalue weighted by Gasteiger charge is -2.16. The van der Waals surface area contributed by atoms with E-state index in [1.54, 1.807) is 31.4 Å². The van der Waals surface area contributed by atoms with Crippen molar-refractivity contribution >= 4 is 29.2 Å². The van der Waals surface area contributed by atoms with Gasteiger partial charge in [0.05, 0.1) is 30.9 Å². The molecule has 0 unspecified atom stereocenters. The lowest BCUT2D eigenvalue weighted by molar-refractivity contribution is -0.119. The first-order valence-corrected chi connectivity index (χ1v) is 8.87. The third-order valence-electron chi connectivity index (χ3n) is 3.53. The number of nitrogens with one attached hydrogen (secondary N) is 1. The minimum Gasteiger partial charge on any atom is -0.497 e. The van der Waals surface area contributed by atoms with Crippen molar-refractivity contribution in [3.05, 3.63) is 47.0 Å². The SMILES string of the molecule is COc1ccc(NC(=O)COC(=O)c2cc(Cl)c(OC(C)C)c(OC)c2)cc1. The number of methoxy groups -OCH3 is 2. The van der Waals surface area contributed by atoms with Crippen LogP contribution < -0.4 is 19.5 Å². The zero-order valence-corrected chi connectivity index (χ0v) is 16.8. The van der Waals surface area contributed by atoms with Gasteiger partial charge in [-0.25, -0.2) is 4.79 Å². The van der Waals surface area contributed by atoms with Gasteiger partial charge in [-0.15, -0.1) is 0 Å². The molecule has 0 aromatic heterocycles. The summed E-state index contributed by atoms with van der Waals surface area (Å²) in [6.45, 7) is 3.24. The minimum absolute atomic E-state index is 0.120. The van der Waals surface area contributed by atoms with E-state index in [0.717, 1.165) is 0 Å². The molecule has 0 saturated heterocycles. The molecule has 0 heterocycles. The fourth-order valence-electron chi connectivity index (χ4n) is 2.27. The second-order valence-corrected chi connectivity index (χ2v) is 6.42. The molecule has 0 spiro atoms. The molecule has 2 rings (SSSR count). The summed E-state index contributed by atoms with van der Waals surface area (Å²) in [7, 11) is 2.99. The molecule has 7 nitrogen and oxygen atoms in total. The zero-order valence-electron chi connectivity index (χ0n) is 16.1. The Balaban J connectivity index is 1.99. The first kappa shape index (κ1) is 21.4. The normalized spacial score (nSPS) is 10.4. The first-order chi connectivity index (χ1) is 13.3. The van der Waals surface area contributed by atoms with Crippen LogP contribution in [0, 0.1) is 0 Å². The Labute approximate surface area is 168 Å². The van der Waals surface area contributed by atoms with Gasteiger partial charge in [-0.2, -0.15) is 0 Å². The van der Waals surface area contributed by atoms with Crippen LogP contribution in [0.25, 0.3) is 0 Å². The van der Waals surface area contributed by atoms with Crippen LogP contribution in [0.5, 0.6) is 17.2 Å². The van der Waals surface area contributed by atoms with Crippen LogP contribution in [-0.2, 0) is 9.53 Å². The second kappa shape index (κ2) is 9.85. The molecular formula is C20H22ClNO6. The van der Waals surface area contributed by atoms with Gasteiger partial charge >= 0.3 is 5.97 Å². The molecule has 0 saturated carbocycles. The first-order valence-electron chi connectivity index (χ1n) is 8.49. The molecule has 150 valence electrons. The number of halogens is 1. The molecule has 0 radical (unpaired) electrons. The molecule has 2 aromatic rings. The fraction of sp³-hybridized carbons (Fsp3) is 0.300. The number of hydrogen-bond acceptors (Lipinski definition) is 6. The number of esters is 1. The van der Waals surface area contributed by atoms with Crippen LogP contribution in [0.15, 0.2) is 36.4 Å². The summed E-state index contributed by atoms with van der Waals surface area (Å²) in [5.74, 6) is 0.126. The van der Waals surface area contributed by atoms with Gasteiger partial charge in [-0.05, 0) is 50.2 Å². The van der Waals surface area contributed by atoms with Gasteiger partial charge in [0, 0.05) is 5.69 Å². The minimum atomic E-state index is -0.707. The predicted molar refractivity (Wildman–Crippen MR) is 106 cm³/mol. The molecule has 2 aromatic carbocycles. The predicted octanol–water partition coefficient (Wildman–Crippen LogP) is 3.94. The highest BCUT2D eigenvalue weighted by molar-refractivity contribution is 6.32. The van der Waals surface area contributed by atoms with E-state index in [1.807, 2.05) is 13.8 Å². The monoisotopic (exact) mass is 407 g/mol. The lowest BCUT2D eigenvalue weighted by atomic mass is 10.2. The number of ether oxygens (including phenoxy) is 4. The van der Waals surface area contributed by atoms with Crippen molar-refractivity contribution in [1.82, 2.24) is 0 Å². The smallest absolute Gasteiger partial charge is 0.338 e. The van der Waals surface area contributed by atoms with E-state index in [2.05, 4.69) is 5.32 Å². The Hall–Kier alpha value is -2.93. The molecule has 0 aliphatic rings. The quantitative estimate of drug-likeness (QED) is 0.667. The maximum Gasteiger partial charge on any atom is 0.338 e. The van der Waals surface area contributed by atoms with Crippen LogP contribution in [0.1, 0.15) is 24.2 Å². The number of amides is 1.